The minimum atomic E-state index is -0.515. The van der Waals surface area contributed by atoms with Gasteiger partial charge in [0.25, 0.3) is 11.6 Å². The van der Waals surface area contributed by atoms with Gasteiger partial charge in [-0.05, 0) is 36.6 Å². The highest BCUT2D eigenvalue weighted by molar-refractivity contribution is 5.98. The number of ether oxygens (including phenoxy) is 2. The second-order valence-electron chi connectivity index (χ2n) is 6.83. The van der Waals surface area contributed by atoms with E-state index in [1.807, 2.05) is 32.0 Å². The summed E-state index contributed by atoms with van der Waals surface area (Å²) in [6.45, 7) is 6.56. The monoisotopic (exact) mass is 370 g/mol. The second-order valence-corrected chi connectivity index (χ2v) is 6.83. The normalized spacial score (nSPS) is 13.9. The van der Waals surface area contributed by atoms with E-state index < -0.39 is 10.8 Å². The molecular formula is C20H22N2O5. The van der Waals surface area contributed by atoms with Gasteiger partial charge in [0, 0.05) is 5.56 Å². The number of aryl methyl sites for hydroxylation is 1. The van der Waals surface area contributed by atoms with Gasteiger partial charge in [0.05, 0.1) is 11.0 Å². The van der Waals surface area contributed by atoms with Crippen LogP contribution in [0.15, 0.2) is 36.4 Å². The predicted octanol–water partition coefficient (Wildman–Crippen LogP) is 3.80. The Morgan fingerprint density at radius 3 is 2.52 bits per heavy atom. The number of hydrogen-bond donors (Lipinski definition) is 1. The van der Waals surface area contributed by atoms with Gasteiger partial charge >= 0.3 is 0 Å². The predicted molar refractivity (Wildman–Crippen MR) is 100 cm³/mol. The van der Waals surface area contributed by atoms with E-state index >= 15 is 0 Å². The number of nitro groups is 1. The zero-order valence-corrected chi connectivity index (χ0v) is 15.5. The first kappa shape index (κ1) is 18.7. The molecule has 0 saturated heterocycles. The van der Waals surface area contributed by atoms with E-state index in [2.05, 4.69) is 5.32 Å². The zero-order chi connectivity index (χ0) is 19.6. The van der Waals surface area contributed by atoms with E-state index in [1.165, 1.54) is 6.07 Å². The first-order valence-electron chi connectivity index (χ1n) is 8.83. The molecule has 0 radical (unpaired) electrons. The van der Waals surface area contributed by atoms with Gasteiger partial charge < -0.3 is 14.8 Å². The molecule has 0 fully saturated rings. The Morgan fingerprint density at radius 2 is 1.85 bits per heavy atom. The Morgan fingerprint density at radius 1 is 1.15 bits per heavy atom. The van der Waals surface area contributed by atoms with Crippen LogP contribution in [0.5, 0.6) is 11.5 Å². The van der Waals surface area contributed by atoms with Crippen molar-refractivity contribution in [2.45, 2.75) is 26.8 Å². The minimum Gasteiger partial charge on any atom is -0.486 e. The molecule has 7 heteroatoms. The summed E-state index contributed by atoms with van der Waals surface area (Å²) in [5.74, 6) is 0.910. The Hall–Kier alpha value is -3.09. The van der Waals surface area contributed by atoms with Crippen molar-refractivity contribution in [3.05, 3.63) is 63.2 Å². The van der Waals surface area contributed by atoms with Crippen LogP contribution < -0.4 is 14.8 Å². The number of fused-ring (bicyclic) bond motifs is 1. The molecule has 0 bridgehead atoms. The molecule has 1 unspecified atom stereocenters. The highest BCUT2D eigenvalue weighted by Gasteiger charge is 2.26. The van der Waals surface area contributed by atoms with Crippen LogP contribution in [0.1, 0.15) is 41.4 Å². The molecule has 27 heavy (non-hydrogen) atoms. The molecule has 0 aromatic heterocycles. The standard InChI is InChI=1S/C20H22N2O5/c1-12(2)18(14-7-8-16-17(11-14)27-10-9-26-16)21-20(23)15-6-4-5-13(3)19(15)22(24)25/h4-8,11-12,18H,9-10H2,1-3H3,(H,21,23). The van der Waals surface area contributed by atoms with Crippen molar-refractivity contribution in [1.29, 1.82) is 0 Å². The molecule has 0 saturated carbocycles. The molecule has 1 aliphatic rings. The molecule has 1 N–H and O–H groups in total. The van der Waals surface area contributed by atoms with Crippen molar-refractivity contribution >= 4 is 11.6 Å². The van der Waals surface area contributed by atoms with Gasteiger partial charge in [-0.2, -0.15) is 0 Å². The van der Waals surface area contributed by atoms with Gasteiger partial charge in [0.15, 0.2) is 11.5 Å². The van der Waals surface area contributed by atoms with Crippen LogP contribution in [0.2, 0.25) is 0 Å². The fourth-order valence-corrected chi connectivity index (χ4v) is 3.19. The molecular weight excluding hydrogens is 348 g/mol. The summed E-state index contributed by atoms with van der Waals surface area (Å²) < 4.78 is 11.2. The molecule has 142 valence electrons. The smallest absolute Gasteiger partial charge is 0.285 e. The number of para-hydroxylation sites is 1. The Balaban J connectivity index is 1.91. The highest BCUT2D eigenvalue weighted by Crippen LogP contribution is 2.34. The van der Waals surface area contributed by atoms with Crippen LogP contribution in [-0.4, -0.2) is 24.0 Å². The maximum atomic E-state index is 12.8. The molecule has 1 heterocycles. The largest absolute Gasteiger partial charge is 0.486 e. The van der Waals surface area contributed by atoms with Crippen LogP contribution >= 0.6 is 0 Å². The van der Waals surface area contributed by atoms with Gasteiger partial charge in [-0.25, -0.2) is 0 Å². The van der Waals surface area contributed by atoms with Gasteiger partial charge in [-0.1, -0.05) is 32.0 Å². The Bertz CT molecular complexity index is 879. The fourth-order valence-electron chi connectivity index (χ4n) is 3.19. The fraction of sp³-hybridized carbons (Fsp3) is 0.350. The highest BCUT2D eigenvalue weighted by atomic mass is 16.6. The Labute approximate surface area is 157 Å². The average molecular weight is 370 g/mol. The summed E-state index contributed by atoms with van der Waals surface area (Å²) >= 11 is 0. The second kappa shape index (κ2) is 7.65. The third-order valence-corrected chi connectivity index (χ3v) is 4.54. The maximum absolute atomic E-state index is 12.8. The number of carbonyl (C=O) groups is 1. The SMILES string of the molecule is Cc1cccc(C(=O)NC(c2ccc3c(c2)OCCO3)C(C)C)c1[N+](=O)[O-]. The lowest BCUT2D eigenvalue weighted by Gasteiger charge is -2.25. The van der Waals surface area contributed by atoms with Gasteiger partial charge in [0.2, 0.25) is 0 Å². The van der Waals surface area contributed by atoms with Gasteiger partial charge in [-0.3, -0.25) is 14.9 Å². The summed E-state index contributed by atoms with van der Waals surface area (Å²) in [5, 5.41) is 14.3. The third kappa shape index (κ3) is 3.86. The average Bonchev–Trinajstić information content (AvgIpc) is 2.64. The van der Waals surface area contributed by atoms with E-state index in [9.17, 15) is 14.9 Å². The van der Waals surface area contributed by atoms with Crippen molar-refractivity contribution in [3.63, 3.8) is 0 Å². The van der Waals surface area contributed by atoms with E-state index in [1.54, 1.807) is 19.1 Å². The lowest BCUT2D eigenvalue weighted by atomic mass is 9.95. The van der Waals surface area contributed by atoms with E-state index in [-0.39, 0.29) is 23.2 Å². The number of carbonyl (C=O) groups excluding carboxylic acids is 1. The number of nitro benzene ring substituents is 1. The summed E-state index contributed by atoms with van der Waals surface area (Å²) in [7, 11) is 0. The summed E-state index contributed by atoms with van der Waals surface area (Å²) in [6.07, 6.45) is 0. The topological polar surface area (TPSA) is 90.7 Å². The van der Waals surface area contributed by atoms with Crippen LogP contribution in [0.3, 0.4) is 0 Å². The van der Waals surface area contributed by atoms with Crippen molar-refractivity contribution in [2.75, 3.05) is 13.2 Å². The molecule has 2 aromatic rings. The molecule has 3 rings (SSSR count). The number of benzene rings is 2. The summed E-state index contributed by atoms with van der Waals surface area (Å²) in [4.78, 5) is 23.7. The summed E-state index contributed by atoms with van der Waals surface area (Å²) in [5.41, 5.74) is 1.20. The number of hydrogen-bond acceptors (Lipinski definition) is 5. The van der Waals surface area contributed by atoms with Crippen LogP contribution in [0, 0.1) is 23.0 Å². The first-order chi connectivity index (χ1) is 12.9. The Kier molecular flexibility index (Phi) is 5.30. The van der Waals surface area contributed by atoms with Crippen molar-refractivity contribution < 1.29 is 19.2 Å². The van der Waals surface area contributed by atoms with E-state index in [0.29, 0.717) is 30.3 Å². The van der Waals surface area contributed by atoms with E-state index in [0.717, 1.165) is 5.56 Å². The van der Waals surface area contributed by atoms with Crippen molar-refractivity contribution in [1.82, 2.24) is 5.32 Å². The zero-order valence-electron chi connectivity index (χ0n) is 15.5. The number of amides is 1. The summed E-state index contributed by atoms with van der Waals surface area (Å²) in [6, 6.07) is 9.96. The molecule has 7 nitrogen and oxygen atoms in total. The first-order valence-corrected chi connectivity index (χ1v) is 8.83. The van der Waals surface area contributed by atoms with Gasteiger partial charge in [-0.15, -0.1) is 0 Å². The molecule has 1 amide bonds. The number of nitrogens with one attached hydrogen (secondary N) is 1. The minimum absolute atomic E-state index is 0.0585. The van der Waals surface area contributed by atoms with Crippen LogP contribution in [-0.2, 0) is 0 Å². The van der Waals surface area contributed by atoms with Crippen LogP contribution in [0.25, 0.3) is 0 Å². The number of rotatable bonds is 5. The van der Waals surface area contributed by atoms with Crippen LogP contribution in [0.4, 0.5) is 5.69 Å². The lowest BCUT2D eigenvalue weighted by molar-refractivity contribution is -0.385. The quantitative estimate of drug-likeness (QED) is 0.638. The molecule has 1 atom stereocenters. The van der Waals surface area contributed by atoms with Crippen molar-refractivity contribution in [3.8, 4) is 11.5 Å². The van der Waals surface area contributed by atoms with E-state index in [4.69, 9.17) is 9.47 Å². The molecule has 1 aliphatic heterocycles. The van der Waals surface area contributed by atoms with Crippen molar-refractivity contribution in [2.24, 2.45) is 5.92 Å². The molecule has 2 aromatic carbocycles. The molecule has 0 aliphatic carbocycles. The van der Waals surface area contributed by atoms with Gasteiger partial charge in [0.1, 0.15) is 18.8 Å². The third-order valence-electron chi connectivity index (χ3n) is 4.54. The molecule has 0 spiro atoms. The lowest BCUT2D eigenvalue weighted by Crippen LogP contribution is -2.32. The number of nitrogens with zero attached hydrogens (tertiary/aromatic N) is 1. The maximum Gasteiger partial charge on any atom is 0.285 e.